The van der Waals surface area contributed by atoms with Crippen LogP contribution < -0.4 is 4.74 Å². The Bertz CT molecular complexity index is 649. The van der Waals surface area contributed by atoms with Crippen molar-refractivity contribution in [3.63, 3.8) is 0 Å². The molecule has 0 N–H and O–H groups in total. The standard InChI is InChI=1S/C14H9Br2ClF2O/c1-20-12-6-11(18)10(16)5-8(12)13(17)7-3-2-4-9(15)14(7)19/h2-6,13H,1H3. The van der Waals surface area contributed by atoms with Crippen LogP contribution in [-0.4, -0.2) is 7.11 Å². The van der Waals surface area contributed by atoms with E-state index in [0.29, 0.717) is 10.0 Å². The molecule has 2 aromatic carbocycles. The van der Waals surface area contributed by atoms with Gasteiger partial charge >= 0.3 is 0 Å². The summed E-state index contributed by atoms with van der Waals surface area (Å²) in [7, 11) is 1.41. The van der Waals surface area contributed by atoms with Gasteiger partial charge in [0.1, 0.15) is 17.4 Å². The lowest BCUT2D eigenvalue weighted by Gasteiger charge is -2.16. The minimum absolute atomic E-state index is 0.245. The van der Waals surface area contributed by atoms with Gasteiger partial charge in [0.15, 0.2) is 0 Å². The Hall–Kier alpha value is -0.650. The average molecular weight is 426 g/mol. The SMILES string of the molecule is COc1cc(F)c(Br)cc1C(Cl)c1cccc(Br)c1F. The van der Waals surface area contributed by atoms with Crippen LogP contribution in [0.2, 0.25) is 0 Å². The van der Waals surface area contributed by atoms with Crippen LogP contribution in [-0.2, 0) is 0 Å². The number of halogens is 5. The number of methoxy groups -OCH3 is 1. The molecule has 0 aliphatic carbocycles. The van der Waals surface area contributed by atoms with Gasteiger partial charge in [-0.2, -0.15) is 0 Å². The van der Waals surface area contributed by atoms with Gasteiger partial charge in [0, 0.05) is 17.2 Å². The van der Waals surface area contributed by atoms with Gasteiger partial charge in [-0.3, -0.25) is 0 Å². The maximum Gasteiger partial charge on any atom is 0.142 e. The van der Waals surface area contributed by atoms with Crippen molar-refractivity contribution in [2.45, 2.75) is 5.38 Å². The molecule has 0 saturated carbocycles. The first-order valence-corrected chi connectivity index (χ1v) is 7.59. The highest BCUT2D eigenvalue weighted by molar-refractivity contribution is 9.10. The highest BCUT2D eigenvalue weighted by Gasteiger charge is 2.22. The molecule has 1 unspecified atom stereocenters. The van der Waals surface area contributed by atoms with E-state index in [0.717, 1.165) is 0 Å². The van der Waals surface area contributed by atoms with Gasteiger partial charge in [-0.15, -0.1) is 11.6 Å². The normalized spacial score (nSPS) is 12.3. The highest BCUT2D eigenvalue weighted by atomic mass is 79.9. The van der Waals surface area contributed by atoms with Crippen LogP contribution in [0.3, 0.4) is 0 Å². The van der Waals surface area contributed by atoms with Crippen molar-refractivity contribution < 1.29 is 13.5 Å². The van der Waals surface area contributed by atoms with Crippen LogP contribution in [0.4, 0.5) is 8.78 Å². The van der Waals surface area contributed by atoms with E-state index in [2.05, 4.69) is 31.9 Å². The van der Waals surface area contributed by atoms with Crippen molar-refractivity contribution in [1.82, 2.24) is 0 Å². The smallest absolute Gasteiger partial charge is 0.142 e. The molecular formula is C14H9Br2ClF2O. The monoisotopic (exact) mass is 424 g/mol. The summed E-state index contributed by atoms with van der Waals surface area (Å²) in [5.74, 6) is -0.649. The van der Waals surface area contributed by atoms with Crippen LogP contribution in [0, 0.1) is 11.6 Å². The fraction of sp³-hybridized carbons (Fsp3) is 0.143. The van der Waals surface area contributed by atoms with Gasteiger partial charge in [0.05, 0.1) is 21.4 Å². The predicted octanol–water partition coefficient (Wildman–Crippen LogP) is 5.83. The van der Waals surface area contributed by atoms with Crippen molar-refractivity contribution in [3.8, 4) is 5.75 Å². The molecule has 0 radical (unpaired) electrons. The zero-order valence-electron chi connectivity index (χ0n) is 10.3. The van der Waals surface area contributed by atoms with Gasteiger partial charge < -0.3 is 4.74 Å². The maximum atomic E-state index is 14.1. The summed E-state index contributed by atoms with van der Waals surface area (Å²) in [4.78, 5) is 0. The van der Waals surface area contributed by atoms with Crippen LogP contribution in [0.25, 0.3) is 0 Å². The molecule has 1 nitrogen and oxygen atoms in total. The minimum atomic E-state index is -0.792. The molecule has 0 aliphatic rings. The van der Waals surface area contributed by atoms with E-state index in [1.807, 2.05) is 0 Å². The molecule has 0 amide bonds. The molecule has 0 heterocycles. The zero-order chi connectivity index (χ0) is 14.9. The third kappa shape index (κ3) is 3.00. The first-order valence-electron chi connectivity index (χ1n) is 5.56. The first kappa shape index (κ1) is 15.7. The van der Waals surface area contributed by atoms with Gasteiger partial charge in [0.25, 0.3) is 0 Å². The molecule has 0 bridgehead atoms. The summed E-state index contributed by atoms with van der Waals surface area (Å²) in [5.41, 5.74) is 0.775. The number of hydrogen-bond acceptors (Lipinski definition) is 1. The Morgan fingerprint density at radius 3 is 2.45 bits per heavy atom. The van der Waals surface area contributed by atoms with Crippen molar-refractivity contribution in [2.24, 2.45) is 0 Å². The lowest BCUT2D eigenvalue weighted by molar-refractivity contribution is 0.406. The van der Waals surface area contributed by atoms with Crippen molar-refractivity contribution in [2.75, 3.05) is 7.11 Å². The third-order valence-corrected chi connectivity index (χ3v) is 4.49. The molecule has 106 valence electrons. The van der Waals surface area contributed by atoms with E-state index in [9.17, 15) is 8.78 Å². The molecule has 0 aliphatic heterocycles. The van der Waals surface area contributed by atoms with E-state index >= 15 is 0 Å². The number of ether oxygens (including phenoxy) is 1. The maximum absolute atomic E-state index is 14.1. The molecule has 2 rings (SSSR count). The lowest BCUT2D eigenvalue weighted by atomic mass is 10.0. The van der Waals surface area contributed by atoms with Gasteiger partial charge in [0.2, 0.25) is 0 Å². The summed E-state index contributed by atoms with van der Waals surface area (Å²) in [5, 5.41) is -0.792. The summed E-state index contributed by atoms with van der Waals surface area (Å²) in [6, 6.07) is 7.55. The fourth-order valence-corrected chi connectivity index (χ4v) is 2.88. The number of rotatable bonds is 3. The van der Waals surface area contributed by atoms with Crippen molar-refractivity contribution in [3.05, 3.63) is 62.0 Å². The molecule has 2 aromatic rings. The molecule has 6 heteroatoms. The average Bonchev–Trinajstić information content (AvgIpc) is 2.43. The molecule has 20 heavy (non-hydrogen) atoms. The van der Waals surface area contributed by atoms with Crippen LogP contribution in [0.1, 0.15) is 16.5 Å². The highest BCUT2D eigenvalue weighted by Crippen LogP contribution is 2.39. The fourth-order valence-electron chi connectivity index (χ4n) is 1.80. The predicted molar refractivity (Wildman–Crippen MR) is 82.4 cm³/mol. The number of benzene rings is 2. The van der Waals surface area contributed by atoms with Crippen LogP contribution in [0.15, 0.2) is 39.3 Å². The summed E-state index contributed by atoms with van der Waals surface area (Å²) >= 11 is 12.5. The molecule has 0 aromatic heterocycles. The lowest BCUT2D eigenvalue weighted by Crippen LogP contribution is -2.01. The topological polar surface area (TPSA) is 9.23 Å². The molecule has 0 saturated heterocycles. The molecule has 1 atom stereocenters. The number of alkyl halides is 1. The second kappa shape index (κ2) is 6.41. The Morgan fingerprint density at radius 1 is 1.10 bits per heavy atom. The van der Waals surface area contributed by atoms with E-state index in [-0.39, 0.29) is 15.8 Å². The van der Waals surface area contributed by atoms with E-state index in [1.165, 1.54) is 19.2 Å². The Balaban J connectivity index is 2.55. The molecular weight excluding hydrogens is 417 g/mol. The van der Waals surface area contributed by atoms with Gasteiger partial charge in [-0.05, 0) is 44.0 Å². The second-order valence-corrected chi connectivity index (χ2v) is 6.16. The van der Waals surface area contributed by atoms with E-state index in [1.54, 1.807) is 18.2 Å². The van der Waals surface area contributed by atoms with E-state index < -0.39 is 17.0 Å². The first-order chi connectivity index (χ1) is 9.45. The largest absolute Gasteiger partial charge is 0.496 e. The Kier molecular flexibility index (Phi) is 5.04. The Morgan fingerprint density at radius 2 is 1.80 bits per heavy atom. The summed E-state index contributed by atoms with van der Waals surface area (Å²) < 4.78 is 33.3. The van der Waals surface area contributed by atoms with Gasteiger partial charge in [-0.25, -0.2) is 8.78 Å². The number of hydrogen-bond donors (Lipinski definition) is 0. The second-order valence-electron chi connectivity index (χ2n) is 4.01. The van der Waals surface area contributed by atoms with Crippen molar-refractivity contribution >= 4 is 43.5 Å². The van der Waals surface area contributed by atoms with Crippen LogP contribution in [0.5, 0.6) is 5.75 Å². The quantitative estimate of drug-likeness (QED) is 0.562. The zero-order valence-corrected chi connectivity index (χ0v) is 14.2. The third-order valence-electron chi connectivity index (χ3n) is 2.80. The van der Waals surface area contributed by atoms with Crippen molar-refractivity contribution in [1.29, 1.82) is 0 Å². The summed E-state index contributed by atoms with van der Waals surface area (Å²) in [6.07, 6.45) is 0. The summed E-state index contributed by atoms with van der Waals surface area (Å²) in [6.45, 7) is 0. The minimum Gasteiger partial charge on any atom is -0.496 e. The van der Waals surface area contributed by atoms with Crippen LogP contribution >= 0.6 is 43.5 Å². The van der Waals surface area contributed by atoms with Gasteiger partial charge in [-0.1, -0.05) is 12.1 Å². The molecule has 0 spiro atoms. The molecule has 0 fully saturated rings. The Labute approximate surface area is 137 Å². The van der Waals surface area contributed by atoms with E-state index in [4.69, 9.17) is 16.3 Å².